The Kier molecular flexibility index (Phi) is 9.11. The normalized spacial score (nSPS) is 10.1. The molecular formula is C28H24N2O7. The molecule has 0 atom stereocenters. The van der Waals surface area contributed by atoms with Crippen molar-refractivity contribution >= 4 is 23.6 Å². The lowest BCUT2D eigenvalue weighted by Gasteiger charge is -2.22. The average Bonchev–Trinajstić information content (AvgIpc) is 2.95. The molecule has 0 spiro atoms. The molecule has 0 N–H and O–H groups in total. The number of hydrogen-bond donors (Lipinski definition) is 0. The molecule has 0 unspecified atom stereocenters. The van der Waals surface area contributed by atoms with E-state index in [1.54, 1.807) is 48.5 Å². The zero-order valence-electron chi connectivity index (χ0n) is 20.3. The molecule has 0 bridgehead atoms. The molecule has 188 valence electrons. The van der Waals surface area contributed by atoms with Crippen molar-refractivity contribution < 1.29 is 33.4 Å². The number of nitrogens with zero attached hydrogens (tertiary/aromatic N) is 2. The Bertz CT molecular complexity index is 1310. The van der Waals surface area contributed by atoms with Crippen molar-refractivity contribution in [3.8, 4) is 11.8 Å². The number of amides is 1. The third kappa shape index (κ3) is 7.26. The number of carbonyl (C=O) groups excluding carboxylic acids is 4. The van der Waals surface area contributed by atoms with Gasteiger partial charge in [0.15, 0.2) is 12.4 Å². The molecule has 3 aromatic carbocycles. The highest BCUT2D eigenvalue weighted by Crippen LogP contribution is 2.16. The van der Waals surface area contributed by atoms with Crippen LogP contribution < -0.4 is 4.74 Å². The van der Waals surface area contributed by atoms with E-state index < -0.39 is 17.8 Å². The lowest BCUT2D eigenvalue weighted by molar-refractivity contribution is -0.142. The van der Waals surface area contributed by atoms with Gasteiger partial charge in [-0.1, -0.05) is 12.1 Å². The van der Waals surface area contributed by atoms with Crippen LogP contribution in [0.2, 0.25) is 0 Å². The third-order valence-electron chi connectivity index (χ3n) is 5.39. The number of Topliss-reactive ketones (excluding diaryl/α,β-unsaturated/α-hetero) is 1. The number of esters is 2. The van der Waals surface area contributed by atoms with Gasteiger partial charge in [-0.15, -0.1) is 0 Å². The minimum atomic E-state index is -0.531. The van der Waals surface area contributed by atoms with E-state index in [0.717, 1.165) is 0 Å². The van der Waals surface area contributed by atoms with Gasteiger partial charge in [-0.05, 0) is 66.2 Å². The van der Waals surface area contributed by atoms with Crippen LogP contribution in [0, 0.1) is 11.3 Å². The van der Waals surface area contributed by atoms with Crippen molar-refractivity contribution in [1.29, 1.82) is 5.26 Å². The predicted octanol–water partition coefficient (Wildman–Crippen LogP) is 3.42. The summed E-state index contributed by atoms with van der Waals surface area (Å²) < 4.78 is 14.5. The summed E-state index contributed by atoms with van der Waals surface area (Å²) in [5, 5.41) is 9.03. The molecule has 1 amide bonds. The molecule has 0 aliphatic heterocycles. The molecule has 3 aromatic rings. The van der Waals surface area contributed by atoms with Crippen molar-refractivity contribution in [1.82, 2.24) is 4.90 Å². The molecule has 0 saturated carbocycles. The SMILES string of the molecule is COC(=O)COc1ccc(C(=O)CN(Cc2ccc(C(=O)OC)cc2)C(=O)c2ccc(C#N)cc2)cc1. The molecule has 0 radical (unpaired) electrons. The monoisotopic (exact) mass is 500 g/mol. The Morgan fingerprint density at radius 3 is 1.95 bits per heavy atom. The fraction of sp³-hybridized carbons (Fsp3) is 0.179. The first-order valence-corrected chi connectivity index (χ1v) is 11.1. The summed E-state index contributed by atoms with van der Waals surface area (Å²) in [6.45, 7) is -0.377. The largest absolute Gasteiger partial charge is 0.482 e. The minimum absolute atomic E-state index is 0.104. The lowest BCUT2D eigenvalue weighted by atomic mass is 10.1. The first-order valence-electron chi connectivity index (χ1n) is 11.1. The van der Waals surface area contributed by atoms with E-state index in [0.29, 0.717) is 33.6 Å². The number of ketones is 1. The third-order valence-corrected chi connectivity index (χ3v) is 5.39. The van der Waals surface area contributed by atoms with Crippen molar-refractivity contribution in [3.63, 3.8) is 0 Å². The summed E-state index contributed by atoms with van der Waals surface area (Å²) in [6.07, 6.45) is 0. The van der Waals surface area contributed by atoms with Crippen LogP contribution in [0.25, 0.3) is 0 Å². The Morgan fingerprint density at radius 2 is 1.38 bits per heavy atom. The summed E-state index contributed by atoms with van der Waals surface area (Å²) in [4.78, 5) is 50.7. The molecule has 0 aliphatic carbocycles. The van der Waals surface area contributed by atoms with Gasteiger partial charge in [-0.2, -0.15) is 5.26 Å². The summed E-state index contributed by atoms with van der Waals surface area (Å²) in [6, 6.07) is 20.9. The van der Waals surface area contributed by atoms with E-state index in [1.165, 1.54) is 43.4 Å². The predicted molar refractivity (Wildman–Crippen MR) is 132 cm³/mol. The summed E-state index contributed by atoms with van der Waals surface area (Å²) in [5.74, 6) is -1.33. The maximum absolute atomic E-state index is 13.3. The Hall–Kier alpha value is -4.97. The lowest BCUT2D eigenvalue weighted by Crippen LogP contribution is -2.35. The van der Waals surface area contributed by atoms with Gasteiger partial charge in [0.1, 0.15) is 5.75 Å². The molecule has 9 nitrogen and oxygen atoms in total. The Balaban J connectivity index is 1.79. The van der Waals surface area contributed by atoms with Gasteiger partial charge in [0, 0.05) is 17.7 Å². The van der Waals surface area contributed by atoms with Crippen LogP contribution in [0.1, 0.15) is 42.2 Å². The molecule has 0 saturated heterocycles. The zero-order valence-corrected chi connectivity index (χ0v) is 20.3. The van der Waals surface area contributed by atoms with Gasteiger partial charge >= 0.3 is 11.9 Å². The van der Waals surface area contributed by atoms with E-state index >= 15 is 0 Å². The second kappa shape index (κ2) is 12.7. The summed E-state index contributed by atoms with van der Waals surface area (Å²) in [7, 11) is 2.55. The average molecular weight is 501 g/mol. The van der Waals surface area contributed by atoms with Crippen LogP contribution in [0.3, 0.4) is 0 Å². The smallest absolute Gasteiger partial charge is 0.343 e. The van der Waals surface area contributed by atoms with Gasteiger partial charge in [0.05, 0.1) is 38.0 Å². The Labute approximate surface area is 213 Å². The number of hydrogen-bond acceptors (Lipinski definition) is 8. The van der Waals surface area contributed by atoms with Crippen LogP contribution in [0.5, 0.6) is 5.75 Å². The quantitative estimate of drug-likeness (QED) is 0.306. The molecular weight excluding hydrogens is 476 g/mol. The second-order valence-corrected chi connectivity index (χ2v) is 7.85. The first-order chi connectivity index (χ1) is 17.8. The van der Waals surface area contributed by atoms with Gasteiger partial charge < -0.3 is 19.1 Å². The molecule has 9 heteroatoms. The van der Waals surface area contributed by atoms with Gasteiger partial charge in [0.2, 0.25) is 0 Å². The van der Waals surface area contributed by atoms with Crippen LogP contribution in [-0.4, -0.2) is 55.9 Å². The number of nitriles is 1. The number of methoxy groups -OCH3 is 2. The Morgan fingerprint density at radius 1 is 0.784 bits per heavy atom. The maximum Gasteiger partial charge on any atom is 0.343 e. The number of carbonyl (C=O) groups is 4. The van der Waals surface area contributed by atoms with E-state index in [-0.39, 0.29) is 25.5 Å². The first kappa shape index (κ1) is 26.6. The van der Waals surface area contributed by atoms with Crippen LogP contribution in [-0.2, 0) is 20.8 Å². The minimum Gasteiger partial charge on any atom is -0.482 e. The molecule has 0 fully saturated rings. The van der Waals surface area contributed by atoms with Gasteiger partial charge in [-0.25, -0.2) is 9.59 Å². The van der Waals surface area contributed by atoms with E-state index in [9.17, 15) is 19.2 Å². The highest BCUT2D eigenvalue weighted by molar-refractivity contribution is 6.02. The molecule has 0 aliphatic rings. The van der Waals surface area contributed by atoms with Gasteiger partial charge in [-0.3, -0.25) is 9.59 Å². The molecule has 37 heavy (non-hydrogen) atoms. The highest BCUT2D eigenvalue weighted by atomic mass is 16.6. The van der Waals surface area contributed by atoms with Crippen molar-refractivity contribution in [2.75, 3.05) is 27.4 Å². The van der Waals surface area contributed by atoms with Crippen LogP contribution in [0.15, 0.2) is 72.8 Å². The van der Waals surface area contributed by atoms with Crippen molar-refractivity contribution in [3.05, 3.63) is 101 Å². The fourth-order valence-electron chi connectivity index (χ4n) is 3.36. The molecule has 0 heterocycles. The zero-order chi connectivity index (χ0) is 26.8. The number of rotatable bonds is 10. The number of ether oxygens (including phenoxy) is 3. The van der Waals surface area contributed by atoms with E-state index in [2.05, 4.69) is 4.74 Å². The van der Waals surface area contributed by atoms with E-state index in [1.807, 2.05) is 6.07 Å². The highest BCUT2D eigenvalue weighted by Gasteiger charge is 2.21. The van der Waals surface area contributed by atoms with Crippen molar-refractivity contribution in [2.24, 2.45) is 0 Å². The summed E-state index contributed by atoms with van der Waals surface area (Å²) >= 11 is 0. The van der Waals surface area contributed by atoms with Crippen LogP contribution in [0.4, 0.5) is 0 Å². The maximum atomic E-state index is 13.3. The van der Waals surface area contributed by atoms with Crippen molar-refractivity contribution in [2.45, 2.75) is 6.54 Å². The fourth-order valence-corrected chi connectivity index (χ4v) is 3.36. The second-order valence-electron chi connectivity index (χ2n) is 7.85. The number of benzene rings is 3. The summed E-state index contributed by atoms with van der Waals surface area (Å²) in [5.41, 5.74) is 2.15. The topological polar surface area (TPSA) is 123 Å². The molecule has 0 aromatic heterocycles. The standard InChI is InChI=1S/C28H24N2O7/c1-35-26(32)18-37-24-13-11-21(12-14-24)25(31)17-30(27(33)22-7-3-19(15-29)4-8-22)16-20-5-9-23(10-6-20)28(34)36-2/h3-14H,16-18H2,1-2H3. The van der Waals surface area contributed by atoms with E-state index in [4.69, 9.17) is 14.7 Å². The molecule has 3 rings (SSSR count). The van der Waals surface area contributed by atoms with Crippen LogP contribution >= 0.6 is 0 Å². The van der Waals surface area contributed by atoms with Gasteiger partial charge in [0.25, 0.3) is 5.91 Å².